The average molecular weight is 744 g/mol. The van der Waals surface area contributed by atoms with Gasteiger partial charge in [-0.1, -0.05) is 133 Å². The predicted molar refractivity (Wildman–Crippen MR) is 229 cm³/mol. The number of aromatic nitrogens is 3. The standard InChI is InChI=1S/C51H29N3O3/c1-3-12-30(13-4-1)49-52-50(31-14-5-2-6-15-31)54-51(53-49)33-22-24-36-37-18-11-19-38(47(37)57-45(36)29-33)39-26-25-34(46-40-17-8-10-21-43(40)56-48(39)46)32-23-27-44-41(28-32)35-16-7-9-20-42(35)55-44/h1-29H/i8D,10D,11D,17D,18D,19D,21D,22D,24D,25D,26D,29D. The Morgan fingerprint density at radius 2 is 1.02 bits per heavy atom. The van der Waals surface area contributed by atoms with Crippen molar-refractivity contribution < 1.29 is 29.7 Å². The zero-order chi connectivity index (χ0) is 47.9. The maximum atomic E-state index is 9.72. The highest BCUT2D eigenvalue weighted by molar-refractivity contribution is 6.19. The number of rotatable bonds is 5. The molecule has 6 heteroatoms. The maximum Gasteiger partial charge on any atom is 0.164 e. The Balaban J connectivity index is 1.18. The number of hydrogen-bond acceptors (Lipinski definition) is 6. The summed E-state index contributed by atoms with van der Waals surface area (Å²) in [5, 5.41) is 0.959. The van der Waals surface area contributed by atoms with Gasteiger partial charge in [-0.2, -0.15) is 0 Å². The van der Waals surface area contributed by atoms with E-state index >= 15 is 0 Å². The Labute approximate surface area is 342 Å². The normalized spacial score (nSPS) is 14.8. The minimum Gasteiger partial charge on any atom is -0.456 e. The van der Waals surface area contributed by atoms with Crippen molar-refractivity contribution in [1.82, 2.24) is 15.0 Å². The molecule has 0 radical (unpaired) electrons. The summed E-state index contributed by atoms with van der Waals surface area (Å²) in [6, 6.07) is 24.1. The first-order valence-electron chi connectivity index (χ1n) is 24.0. The average Bonchev–Trinajstić information content (AvgIpc) is 4.08. The Hall–Kier alpha value is -7.83. The van der Waals surface area contributed by atoms with Crippen LogP contribution < -0.4 is 0 Å². The van der Waals surface area contributed by atoms with Crippen molar-refractivity contribution in [3.63, 3.8) is 0 Å². The quantitative estimate of drug-likeness (QED) is 0.175. The fourth-order valence-electron chi connectivity index (χ4n) is 7.38. The summed E-state index contributed by atoms with van der Waals surface area (Å²) in [4.78, 5) is 14.1. The molecule has 0 fully saturated rings. The highest BCUT2D eigenvalue weighted by Crippen LogP contribution is 2.45. The summed E-state index contributed by atoms with van der Waals surface area (Å²) in [7, 11) is 0. The molecule has 0 amide bonds. The number of para-hydroxylation sites is 3. The van der Waals surface area contributed by atoms with E-state index in [1.807, 2.05) is 60.7 Å². The SMILES string of the molecule is [2H]c1c([2H])c([2H])c2c(oc3c(-c4c([2H])c([2H])c([2H])c5c4oc4c([2H])c(-c6nc(-c7ccccc7)nc(-c7ccccc7)n6)c([2H])c([2H])c45)c([2H])c([2H])c(-c4ccc5oc6ccccc6c5c4)c32)c1[2H]. The largest absolute Gasteiger partial charge is 0.456 e. The molecule has 0 bridgehead atoms. The molecule has 6 nitrogen and oxygen atoms in total. The molecule has 12 aromatic rings. The summed E-state index contributed by atoms with van der Waals surface area (Å²) < 4.78 is 130. The van der Waals surface area contributed by atoms with Gasteiger partial charge in [0, 0.05) is 60.1 Å². The van der Waals surface area contributed by atoms with Gasteiger partial charge in [-0.15, -0.1) is 0 Å². The lowest BCUT2D eigenvalue weighted by atomic mass is 9.93. The van der Waals surface area contributed by atoms with E-state index in [9.17, 15) is 9.60 Å². The fourth-order valence-corrected chi connectivity index (χ4v) is 7.38. The molecule has 0 aliphatic heterocycles. The molecule has 0 unspecified atom stereocenters. The van der Waals surface area contributed by atoms with Crippen LogP contribution in [0.25, 0.3) is 122 Å². The lowest BCUT2D eigenvalue weighted by molar-refractivity contribution is 0.665. The van der Waals surface area contributed by atoms with Gasteiger partial charge in [0.15, 0.2) is 17.5 Å². The zero-order valence-electron chi connectivity index (χ0n) is 41.4. The van der Waals surface area contributed by atoms with Crippen LogP contribution in [0.2, 0.25) is 0 Å². The maximum absolute atomic E-state index is 9.72. The number of fused-ring (bicyclic) bond motifs is 9. The molecule has 0 saturated carbocycles. The van der Waals surface area contributed by atoms with E-state index in [4.69, 9.17) is 35.1 Å². The molecule has 4 heterocycles. The van der Waals surface area contributed by atoms with Crippen LogP contribution >= 0.6 is 0 Å². The monoisotopic (exact) mass is 743 g/mol. The Bertz CT molecular complexity index is 4170. The molecular formula is C51H29N3O3. The Morgan fingerprint density at radius 3 is 1.82 bits per heavy atom. The van der Waals surface area contributed by atoms with Crippen molar-refractivity contribution in [3.8, 4) is 56.4 Å². The molecule has 4 aromatic heterocycles. The van der Waals surface area contributed by atoms with Crippen molar-refractivity contribution in [1.29, 1.82) is 0 Å². The van der Waals surface area contributed by atoms with Crippen molar-refractivity contribution >= 4 is 65.8 Å². The smallest absolute Gasteiger partial charge is 0.164 e. The third-order valence-corrected chi connectivity index (χ3v) is 10.0. The first kappa shape index (κ1) is 21.9. The summed E-state index contributed by atoms with van der Waals surface area (Å²) in [6.07, 6.45) is 0. The van der Waals surface area contributed by atoms with Gasteiger partial charge >= 0.3 is 0 Å². The highest BCUT2D eigenvalue weighted by Gasteiger charge is 2.22. The minimum atomic E-state index is -0.667. The molecule has 266 valence electrons. The van der Waals surface area contributed by atoms with E-state index in [0.717, 1.165) is 5.39 Å². The lowest BCUT2D eigenvalue weighted by Gasteiger charge is -2.09. The second-order valence-corrected chi connectivity index (χ2v) is 13.4. The molecular weight excluding hydrogens is 703 g/mol. The van der Waals surface area contributed by atoms with E-state index in [-0.39, 0.29) is 83.6 Å². The second-order valence-electron chi connectivity index (χ2n) is 13.4. The topological polar surface area (TPSA) is 78.1 Å². The van der Waals surface area contributed by atoms with E-state index < -0.39 is 72.5 Å². The van der Waals surface area contributed by atoms with Gasteiger partial charge in [-0.05, 0) is 53.5 Å². The molecule has 0 N–H and O–H groups in total. The molecule has 0 atom stereocenters. The molecule has 8 aromatic carbocycles. The van der Waals surface area contributed by atoms with E-state index in [1.165, 1.54) is 0 Å². The van der Waals surface area contributed by atoms with Crippen molar-refractivity contribution in [3.05, 3.63) is 176 Å². The van der Waals surface area contributed by atoms with Gasteiger partial charge in [0.1, 0.15) is 33.5 Å². The van der Waals surface area contributed by atoms with Gasteiger partial charge in [0.05, 0.1) is 16.4 Å². The van der Waals surface area contributed by atoms with Gasteiger partial charge < -0.3 is 13.3 Å². The van der Waals surface area contributed by atoms with Crippen LogP contribution in [0.5, 0.6) is 0 Å². The Kier molecular flexibility index (Phi) is 4.74. The second kappa shape index (κ2) is 12.3. The first-order valence-corrected chi connectivity index (χ1v) is 18.0. The third kappa shape index (κ3) is 5.01. The van der Waals surface area contributed by atoms with Crippen LogP contribution in [-0.2, 0) is 0 Å². The van der Waals surface area contributed by atoms with Gasteiger partial charge in [-0.3, -0.25) is 0 Å². The Morgan fingerprint density at radius 1 is 0.368 bits per heavy atom. The highest BCUT2D eigenvalue weighted by atomic mass is 16.3. The summed E-state index contributed by atoms with van der Waals surface area (Å²) in [6.45, 7) is 0. The van der Waals surface area contributed by atoms with Crippen molar-refractivity contribution in [2.45, 2.75) is 0 Å². The molecule has 0 spiro atoms. The van der Waals surface area contributed by atoms with Crippen LogP contribution in [-0.4, -0.2) is 15.0 Å². The zero-order valence-corrected chi connectivity index (χ0v) is 29.4. The lowest BCUT2D eigenvalue weighted by Crippen LogP contribution is -2.00. The summed E-state index contributed by atoms with van der Waals surface area (Å²) >= 11 is 0. The van der Waals surface area contributed by atoms with Crippen LogP contribution in [0.3, 0.4) is 0 Å². The van der Waals surface area contributed by atoms with Crippen LogP contribution in [0.1, 0.15) is 16.4 Å². The molecule has 57 heavy (non-hydrogen) atoms. The molecule has 12 rings (SSSR count). The van der Waals surface area contributed by atoms with Crippen molar-refractivity contribution in [2.24, 2.45) is 0 Å². The number of hydrogen-bond donors (Lipinski definition) is 0. The van der Waals surface area contributed by atoms with Crippen LogP contribution in [0.15, 0.2) is 189 Å². The van der Waals surface area contributed by atoms with E-state index in [1.54, 1.807) is 42.5 Å². The van der Waals surface area contributed by atoms with Gasteiger partial charge in [0.2, 0.25) is 0 Å². The molecule has 0 aliphatic carbocycles. The first-order chi connectivity index (χ1) is 33.2. The third-order valence-electron chi connectivity index (χ3n) is 10.0. The minimum absolute atomic E-state index is 0.0154. The number of furan rings is 3. The fraction of sp³-hybridized carbons (Fsp3) is 0. The molecule has 0 aliphatic rings. The van der Waals surface area contributed by atoms with Crippen LogP contribution in [0.4, 0.5) is 0 Å². The van der Waals surface area contributed by atoms with Gasteiger partial charge in [0.25, 0.3) is 0 Å². The molecule has 0 saturated heterocycles. The summed E-state index contributed by atoms with van der Waals surface area (Å²) in [5.74, 6) is 0.348. The predicted octanol–water partition coefficient (Wildman–Crippen LogP) is 13.9. The summed E-state index contributed by atoms with van der Waals surface area (Å²) in [5.41, 5.74) is 0.882. The van der Waals surface area contributed by atoms with Crippen LogP contribution in [0, 0.1) is 0 Å². The van der Waals surface area contributed by atoms with Crippen molar-refractivity contribution in [2.75, 3.05) is 0 Å². The number of benzene rings is 8. The van der Waals surface area contributed by atoms with E-state index in [0.29, 0.717) is 33.2 Å². The van der Waals surface area contributed by atoms with E-state index in [2.05, 4.69) is 0 Å². The number of nitrogens with zero attached hydrogens (tertiary/aromatic N) is 3. The van der Waals surface area contributed by atoms with Gasteiger partial charge in [-0.25, -0.2) is 15.0 Å².